The highest BCUT2D eigenvalue weighted by molar-refractivity contribution is 9.08. The molecule has 9 nitrogen and oxygen atoms in total. The van der Waals surface area contributed by atoms with Crippen molar-refractivity contribution in [3.05, 3.63) is 139 Å². The Kier molecular flexibility index (Phi) is 7.06. The number of alkyl halides is 1. The van der Waals surface area contributed by atoms with Gasteiger partial charge in [-0.05, 0) is 85.9 Å². The number of halogens is 3. The molecule has 0 atom stereocenters. The van der Waals surface area contributed by atoms with Crippen LogP contribution in [-0.4, -0.2) is 49.7 Å². The van der Waals surface area contributed by atoms with Crippen molar-refractivity contribution in [2.45, 2.75) is 11.9 Å². The molecule has 0 unspecified atom stereocenters. The lowest BCUT2D eigenvalue weighted by molar-refractivity contribution is 0.102. The van der Waals surface area contributed by atoms with E-state index in [-0.39, 0.29) is 33.9 Å². The van der Waals surface area contributed by atoms with E-state index < -0.39 is 23.2 Å². The maximum atomic E-state index is 13.4. The predicted molar refractivity (Wildman–Crippen MR) is 171 cm³/mol. The van der Waals surface area contributed by atoms with Crippen LogP contribution in [0.3, 0.4) is 0 Å². The van der Waals surface area contributed by atoms with Crippen LogP contribution in [-0.2, 0) is 11.9 Å². The number of aromatic nitrogens is 4. The molecule has 2 aliphatic heterocycles. The second-order valence-electron chi connectivity index (χ2n) is 11.2. The first-order chi connectivity index (χ1) is 22.0. The fraction of sp³-hybridized carbons (Fsp3) is 0.118. The van der Waals surface area contributed by atoms with E-state index >= 15 is 0 Å². The Morgan fingerprint density at radius 2 is 1.11 bits per heavy atom. The van der Waals surface area contributed by atoms with E-state index in [2.05, 4.69) is 25.9 Å². The van der Waals surface area contributed by atoms with Crippen LogP contribution in [0.2, 0.25) is 0 Å². The van der Waals surface area contributed by atoms with Gasteiger partial charge in [-0.2, -0.15) is 0 Å². The second-order valence-corrected chi connectivity index (χ2v) is 11.8. The average molecular weight is 682 g/mol. The van der Waals surface area contributed by atoms with E-state index in [1.807, 2.05) is 31.1 Å². The predicted octanol–water partition coefficient (Wildman–Crippen LogP) is 5.09. The highest BCUT2D eigenvalue weighted by atomic mass is 79.9. The zero-order valence-corrected chi connectivity index (χ0v) is 25.9. The molecule has 0 aliphatic carbocycles. The summed E-state index contributed by atoms with van der Waals surface area (Å²) in [6, 6.07) is 18.4. The number of carbonyl (C=O) groups excluding carboxylic acids is 2. The molecule has 0 radical (unpaired) electrons. The van der Waals surface area contributed by atoms with E-state index in [0.717, 1.165) is 23.3 Å². The first-order valence-corrected chi connectivity index (χ1v) is 15.2. The van der Waals surface area contributed by atoms with E-state index in [1.165, 1.54) is 33.4 Å². The zero-order chi connectivity index (χ0) is 32.4. The zero-order valence-electron chi connectivity index (χ0n) is 24.3. The van der Waals surface area contributed by atoms with Crippen LogP contribution < -0.4 is 11.1 Å². The summed E-state index contributed by atoms with van der Waals surface area (Å²) in [5.41, 5.74) is 3.32. The number of benzene rings is 4. The molecule has 0 bridgehead atoms. The van der Waals surface area contributed by atoms with Gasteiger partial charge in [-0.15, -0.1) is 0 Å². The third-order valence-corrected chi connectivity index (χ3v) is 8.46. The minimum absolute atomic E-state index is 0.0321. The molecule has 6 aromatic rings. The summed E-state index contributed by atoms with van der Waals surface area (Å²) in [4.78, 5) is 61.1. The lowest BCUT2D eigenvalue weighted by Gasteiger charge is -2.11. The lowest BCUT2D eigenvalue weighted by atomic mass is 10.1. The number of hydrogen-bond acceptors (Lipinski definition) is 7. The van der Waals surface area contributed by atoms with Gasteiger partial charge in [0.2, 0.25) is 11.6 Å². The van der Waals surface area contributed by atoms with Gasteiger partial charge in [0.25, 0.3) is 11.1 Å². The molecular weight excluding hydrogens is 660 g/mol. The van der Waals surface area contributed by atoms with Crippen LogP contribution in [0.1, 0.15) is 43.5 Å². The normalized spacial score (nSPS) is 12.7. The largest absolute Gasteiger partial charge is 0.305 e. The van der Waals surface area contributed by atoms with E-state index in [1.54, 1.807) is 24.3 Å². The molecule has 46 heavy (non-hydrogen) atoms. The van der Waals surface area contributed by atoms with Gasteiger partial charge < -0.3 is 4.90 Å². The highest BCUT2D eigenvalue weighted by Crippen LogP contribution is 2.28. The number of fused-ring (bicyclic) bond motifs is 8. The Labute approximate surface area is 267 Å². The van der Waals surface area contributed by atoms with Crippen LogP contribution in [0.15, 0.2) is 82.4 Å². The van der Waals surface area contributed by atoms with Crippen molar-refractivity contribution >= 4 is 49.3 Å². The quantitative estimate of drug-likeness (QED) is 0.239. The molecule has 2 aromatic heterocycles. The van der Waals surface area contributed by atoms with Gasteiger partial charge >= 0.3 is 0 Å². The molecule has 4 heterocycles. The minimum atomic E-state index is -0.515. The molecule has 0 N–H and O–H groups in total. The summed E-state index contributed by atoms with van der Waals surface area (Å²) in [5.74, 6) is -1.82. The van der Waals surface area contributed by atoms with Crippen molar-refractivity contribution in [3.63, 3.8) is 0 Å². The van der Waals surface area contributed by atoms with Crippen LogP contribution in [0.25, 0.3) is 33.2 Å². The molecule has 2 aliphatic rings. The fourth-order valence-electron chi connectivity index (χ4n) is 5.77. The lowest BCUT2D eigenvalue weighted by Crippen LogP contribution is -2.22. The second kappa shape index (κ2) is 11.0. The number of ketones is 2. The van der Waals surface area contributed by atoms with Crippen molar-refractivity contribution in [1.82, 2.24) is 24.0 Å². The van der Waals surface area contributed by atoms with Crippen molar-refractivity contribution < 1.29 is 18.4 Å². The number of nitrogens with zero attached hydrogens (tertiary/aromatic N) is 5. The Morgan fingerprint density at radius 1 is 0.652 bits per heavy atom. The Balaban J connectivity index is 0.000000147. The molecule has 8 rings (SSSR count). The molecule has 0 fully saturated rings. The van der Waals surface area contributed by atoms with Gasteiger partial charge in [0, 0.05) is 11.9 Å². The van der Waals surface area contributed by atoms with Gasteiger partial charge in [-0.3, -0.25) is 28.3 Å². The molecule has 0 amide bonds. The van der Waals surface area contributed by atoms with E-state index in [9.17, 15) is 28.0 Å². The van der Waals surface area contributed by atoms with Gasteiger partial charge in [0.05, 0.1) is 44.3 Å². The summed E-state index contributed by atoms with van der Waals surface area (Å²) >= 11 is 3.35. The Hall–Kier alpha value is -5.20. The Morgan fingerprint density at radius 3 is 1.57 bits per heavy atom. The first kappa shape index (κ1) is 29.5. The smallest absolute Gasteiger partial charge is 0.266 e. The maximum Gasteiger partial charge on any atom is 0.266 e. The van der Waals surface area contributed by atoms with E-state index in [0.29, 0.717) is 45.1 Å². The molecule has 0 saturated heterocycles. The van der Waals surface area contributed by atoms with Crippen molar-refractivity contribution in [3.8, 4) is 11.4 Å². The summed E-state index contributed by atoms with van der Waals surface area (Å²) in [5, 5.41) is 1.50. The molecule has 12 heteroatoms. The average Bonchev–Trinajstić information content (AvgIpc) is 3.47. The van der Waals surface area contributed by atoms with Gasteiger partial charge in [0.1, 0.15) is 11.6 Å². The molecule has 0 spiro atoms. The van der Waals surface area contributed by atoms with Gasteiger partial charge in [-0.1, -0.05) is 28.1 Å². The van der Waals surface area contributed by atoms with Gasteiger partial charge in [0.15, 0.2) is 11.6 Å². The summed E-state index contributed by atoms with van der Waals surface area (Å²) in [6.45, 7) is 0.692. The Bertz CT molecular complexity index is 2440. The molecule has 0 saturated carbocycles. The van der Waals surface area contributed by atoms with Crippen LogP contribution in [0.5, 0.6) is 0 Å². The third-order valence-electron chi connectivity index (χ3n) is 7.81. The van der Waals surface area contributed by atoms with Crippen LogP contribution >= 0.6 is 15.9 Å². The maximum absolute atomic E-state index is 13.4. The topological polar surface area (TPSA) is 107 Å². The summed E-state index contributed by atoms with van der Waals surface area (Å²) < 4.78 is 29.4. The van der Waals surface area contributed by atoms with Crippen molar-refractivity contribution in [2.24, 2.45) is 0 Å². The molecule has 228 valence electrons. The van der Waals surface area contributed by atoms with Gasteiger partial charge in [-0.25, -0.2) is 18.7 Å². The fourth-order valence-corrected chi connectivity index (χ4v) is 6.12. The minimum Gasteiger partial charge on any atom is -0.305 e. The van der Waals surface area contributed by atoms with E-state index in [4.69, 9.17) is 0 Å². The number of rotatable bonds is 3. The first-order valence-electron chi connectivity index (χ1n) is 14.1. The van der Waals surface area contributed by atoms with Crippen LogP contribution in [0.4, 0.5) is 8.78 Å². The highest BCUT2D eigenvalue weighted by Gasteiger charge is 2.32. The SMILES string of the molecule is CN(C)Cc1ccc2nc3n(c(=O)c2c1)-c1ccc(F)cc1C3=O.O=C1c2cc(F)ccc2-n2c1nc1ccc(CBr)cc1c2=O. The third kappa shape index (κ3) is 4.68. The van der Waals surface area contributed by atoms with Crippen molar-refractivity contribution in [1.29, 1.82) is 0 Å². The summed E-state index contributed by atoms with van der Waals surface area (Å²) in [6.07, 6.45) is 0. The number of carbonyl (C=O) groups is 2. The van der Waals surface area contributed by atoms with Crippen LogP contribution in [0, 0.1) is 11.6 Å². The monoisotopic (exact) mass is 681 g/mol. The molecular formula is C34H22BrF2N5O4. The van der Waals surface area contributed by atoms with Crippen molar-refractivity contribution in [2.75, 3.05) is 14.1 Å². The number of hydrogen-bond donors (Lipinski definition) is 0. The summed E-state index contributed by atoms with van der Waals surface area (Å²) in [7, 11) is 3.89. The molecule has 4 aromatic carbocycles. The standard InChI is InChI=1S/C18H14FN3O2.C16H8BrFN2O2/c1-21(2)9-10-3-5-14-12(7-10)18(24)22-15-6-4-11(19)8-13(15)16(23)17(22)20-14;17-7-8-1-3-12-10(5-8)16(22)20-13-4-2-9(18)6-11(13)14(21)15(20)19-12/h3-8H,9H2,1-2H3;1-6H,7H2.